The van der Waals surface area contributed by atoms with E-state index in [0.29, 0.717) is 6.61 Å². The van der Waals surface area contributed by atoms with Crippen molar-refractivity contribution in [3.63, 3.8) is 0 Å². The van der Waals surface area contributed by atoms with Crippen LogP contribution >= 0.6 is 19.9 Å². The minimum Gasteiger partial charge on any atom is -0.373 e. The molecule has 0 aromatic heterocycles. The lowest BCUT2D eigenvalue weighted by Gasteiger charge is -2.20. The second-order valence-electron chi connectivity index (χ2n) is 2.62. The molecule has 0 aliphatic carbocycles. The van der Waals surface area contributed by atoms with Crippen LogP contribution in [0.1, 0.15) is 13.8 Å². The lowest BCUT2D eigenvalue weighted by atomic mass is 10.6. The van der Waals surface area contributed by atoms with Crippen LogP contribution in [0.15, 0.2) is 0 Å². The van der Waals surface area contributed by atoms with Gasteiger partial charge in [0.25, 0.3) is 0 Å². The van der Waals surface area contributed by atoms with E-state index in [1.165, 1.54) is 0 Å². The van der Waals surface area contributed by atoms with Crippen molar-refractivity contribution in [2.45, 2.75) is 19.8 Å². The normalized spacial score (nSPS) is 15.9. The number of alkyl halides is 1. The molecule has 0 saturated heterocycles. The molecule has 0 spiro atoms. The van der Waals surface area contributed by atoms with Gasteiger partial charge in [-0.1, -0.05) is 0 Å². The van der Waals surface area contributed by atoms with Crippen LogP contribution in [0.4, 0.5) is 0 Å². The van der Waals surface area contributed by atoms with Crippen molar-refractivity contribution in [2.24, 2.45) is 0 Å². The quantitative estimate of drug-likeness (QED) is 0.371. The Balaban J connectivity index is 4.13. The lowest BCUT2D eigenvalue weighted by molar-refractivity contribution is -0.337. The molecule has 96 valence electrons. The van der Waals surface area contributed by atoms with Gasteiger partial charge in [0.15, 0.2) is 0 Å². The van der Waals surface area contributed by atoms with Gasteiger partial charge in [0.2, 0.25) is 0 Å². The van der Waals surface area contributed by atoms with Crippen LogP contribution in [0.2, 0.25) is 0 Å². The van der Waals surface area contributed by atoms with Crippen molar-refractivity contribution in [1.29, 1.82) is 0 Å². The molecule has 6 nitrogen and oxygen atoms in total. The lowest BCUT2D eigenvalue weighted by Crippen LogP contribution is -2.39. The predicted octanol–water partition coefficient (Wildman–Crippen LogP) is 1.63. The first kappa shape index (κ1) is 16.2. The van der Waals surface area contributed by atoms with E-state index in [1.54, 1.807) is 13.8 Å². The molecule has 0 aliphatic rings. The van der Waals surface area contributed by atoms with Crippen molar-refractivity contribution in [1.82, 2.24) is 0 Å². The molecule has 8 heteroatoms. The second-order valence-corrected chi connectivity index (χ2v) is 3.89. The summed E-state index contributed by atoms with van der Waals surface area (Å²) in [6, 6.07) is 0. The second kappa shape index (κ2) is 9.24. The molecular formula is C8H17ClO6P+. The molecule has 0 saturated carbocycles. The standard InChI is InChI=1S/C8H17ClO6P/c1-3-12-7-8(10,13-4-2)15-16(11)14-6-5-9/h10H,3-7H2,1-2H3/q+1. The Morgan fingerprint density at radius 2 is 2.06 bits per heavy atom. The van der Waals surface area contributed by atoms with Crippen molar-refractivity contribution in [2.75, 3.05) is 32.3 Å². The van der Waals surface area contributed by atoms with Gasteiger partial charge in [0.05, 0.1) is 5.88 Å². The fourth-order valence-electron chi connectivity index (χ4n) is 0.803. The van der Waals surface area contributed by atoms with Crippen molar-refractivity contribution in [3.8, 4) is 0 Å². The molecule has 0 amide bonds. The summed E-state index contributed by atoms with van der Waals surface area (Å²) >= 11 is 5.33. The van der Waals surface area contributed by atoms with Gasteiger partial charge < -0.3 is 14.6 Å². The third-order valence-corrected chi connectivity index (χ3v) is 2.33. The maximum absolute atomic E-state index is 11.2. The highest BCUT2D eigenvalue weighted by Crippen LogP contribution is 2.31. The van der Waals surface area contributed by atoms with Gasteiger partial charge in [-0.2, -0.15) is 0 Å². The molecule has 0 rings (SSSR count). The first-order valence-corrected chi connectivity index (χ1v) is 6.50. The van der Waals surface area contributed by atoms with Crippen LogP contribution in [0, 0.1) is 0 Å². The Morgan fingerprint density at radius 1 is 1.38 bits per heavy atom. The maximum Gasteiger partial charge on any atom is 0.703 e. The number of hydrogen-bond acceptors (Lipinski definition) is 6. The zero-order valence-electron chi connectivity index (χ0n) is 9.35. The maximum atomic E-state index is 11.2. The van der Waals surface area contributed by atoms with Gasteiger partial charge in [-0.05, 0) is 18.4 Å². The number of aliphatic hydroxyl groups is 1. The van der Waals surface area contributed by atoms with Gasteiger partial charge >= 0.3 is 14.2 Å². The van der Waals surface area contributed by atoms with Crippen LogP contribution in [0.5, 0.6) is 0 Å². The van der Waals surface area contributed by atoms with Gasteiger partial charge in [0.1, 0.15) is 13.2 Å². The molecule has 2 atom stereocenters. The SMILES string of the molecule is CCOCC(O)(OCC)O[P+](=O)OCCCl. The monoisotopic (exact) mass is 275 g/mol. The van der Waals surface area contributed by atoms with Crippen molar-refractivity contribution >= 4 is 19.9 Å². The highest BCUT2D eigenvalue weighted by atomic mass is 35.5. The Hall–Kier alpha value is 0.190. The fourth-order valence-corrected chi connectivity index (χ4v) is 1.62. The molecular weight excluding hydrogens is 259 g/mol. The topological polar surface area (TPSA) is 74.2 Å². The molecule has 1 N–H and O–H groups in total. The van der Waals surface area contributed by atoms with Crippen molar-refractivity contribution < 1.29 is 28.2 Å². The Labute approximate surface area is 101 Å². The fraction of sp³-hybridized carbons (Fsp3) is 1.00. The minimum absolute atomic E-state index is 0.0631. The molecule has 0 aromatic carbocycles. The molecule has 2 unspecified atom stereocenters. The van der Waals surface area contributed by atoms with E-state index in [1.807, 2.05) is 0 Å². The summed E-state index contributed by atoms with van der Waals surface area (Å²) in [6.07, 6.45) is 0. The van der Waals surface area contributed by atoms with Gasteiger partial charge in [0, 0.05) is 17.8 Å². The zero-order chi connectivity index (χ0) is 12.4. The Morgan fingerprint density at radius 3 is 2.56 bits per heavy atom. The van der Waals surface area contributed by atoms with Crippen LogP contribution in [0.25, 0.3) is 0 Å². The van der Waals surface area contributed by atoms with Crippen LogP contribution < -0.4 is 0 Å². The Bertz CT molecular complexity index is 205. The third-order valence-electron chi connectivity index (χ3n) is 1.35. The number of ether oxygens (including phenoxy) is 2. The summed E-state index contributed by atoms with van der Waals surface area (Å²) in [5.41, 5.74) is 0. The highest BCUT2D eigenvalue weighted by Gasteiger charge is 2.41. The average molecular weight is 276 g/mol. The molecule has 16 heavy (non-hydrogen) atoms. The van der Waals surface area contributed by atoms with E-state index in [9.17, 15) is 9.67 Å². The van der Waals surface area contributed by atoms with E-state index in [2.05, 4.69) is 4.52 Å². The molecule has 0 aromatic rings. The van der Waals surface area contributed by atoms with E-state index in [0.717, 1.165) is 0 Å². The van der Waals surface area contributed by atoms with E-state index in [4.69, 9.17) is 25.6 Å². The van der Waals surface area contributed by atoms with Gasteiger partial charge in [-0.3, -0.25) is 0 Å². The molecule has 0 bridgehead atoms. The molecule has 0 radical (unpaired) electrons. The van der Waals surface area contributed by atoms with Crippen molar-refractivity contribution in [3.05, 3.63) is 0 Å². The van der Waals surface area contributed by atoms with Gasteiger partial charge in [-0.25, -0.2) is 0 Å². The number of halogens is 1. The van der Waals surface area contributed by atoms with Crippen LogP contribution in [-0.4, -0.2) is 43.4 Å². The molecule has 0 aliphatic heterocycles. The predicted molar refractivity (Wildman–Crippen MR) is 58.4 cm³/mol. The third kappa shape index (κ3) is 7.46. The van der Waals surface area contributed by atoms with Crippen LogP contribution in [0.3, 0.4) is 0 Å². The molecule has 0 fully saturated rings. The summed E-state index contributed by atoms with van der Waals surface area (Å²) < 4.78 is 30.4. The summed E-state index contributed by atoms with van der Waals surface area (Å²) in [5.74, 6) is -1.87. The average Bonchev–Trinajstić information content (AvgIpc) is 2.24. The summed E-state index contributed by atoms with van der Waals surface area (Å²) in [6.45, 7) is 3.78. The highest BCUT2D eigenvalue weighted by molar-refractivity contribution is 7.33. The summed E-state index contributed by atoms with van der Waals surface area (Å²) in [5, 5.41) is 9.75. The number of hydrogen-bond donors (Lipinski definition) is 1. The summed E-state index contributed by atoms with van der Waals surface area (Å²) in [4.78, 5) is 0. The molecule has 0 heterocycles. The van der Waals surface area contributed by atoms with Gasteiger partial charge in [-0.15, -0.1) is 16.1 Å². The Kier molecular flexibility index (Phi) is 9.35. The van der Waals surface area contributed by atoms with E-state index < -0.39 is 14.2 Å². The summed E-state index contributed by atoms with van der Waals surface area (Å²) in [7, 11) is -2.49. The largest absolute Gasteiger partial charge is 0.703 e. The van der Waals surface area contributed by atoms with E-state index >= 15 is 0 Å². The first-order valence-electron chi connectivity index (χ1n) is 4.87. The zero-order valence-corrected chi connectivity index (χ0v) is 11.0. The first-order chi connectivity index (χ1) is 7.58. The smallest absolute Gasteiger partial charge is 0.373 e. The van der Waals surface area contributed by atoms with Crippen LogP contribution in [-0.2, 0) is 23.1 Å². The minimum atomic E-state index is -2.49. The number of rotatable bonds is 10. The van der Waals surface area contributed by atoms with E-state index in [-0.39, 0.29) is 25.7 Å².